The van der Waals surface area contributed by atoms with Gasteiger partial charge < -0.3 is 54.7 Å². The van der Waals surface area contributed by atoms with Gasteiger partial charge in [-0.1, -0.05) is 24.3 Å². The van der Waals surface area contributed by atoms with Crippen molar-refractivity contribution in [3.05, 3.63) is 58.7 Å². The van der Waals surface area contributed by atoms with Gasteiger partial charge in [-0.15, -0.1) is 0 Å². The van der Waals surface area contributed by atoms with Crippen LogP contribution in [-0.2, 0) is 14.2 Å². The number of rotatable bonds is 5. The summed E-state index contributed by atoms with van der Waals surface area (Å²) in [5, 5.41) is 71.3. The maximum atomic E-state index is 13.0. The van der Waals surface area contributed by atoms with Gasteiger partial charge in [0.15, 0.2) is 29.4 Å². The molecule has 0 saturated carbocycles. The van der Waals surface area contributed by atoms with Gasteiger partial charge in [0, 0.05) is 16.7 Å². The van der Waals surface area contributed by atoms with E-state index in [4.69, 9.17) is 18.9 Å². The van der Waals surface area contributed by atoms with Crippen LogP contribution < -0.4 is 4.74 Å². The number of ketones is 2. The number of fused-ring (bicyclic) bond motifs is 2. The molecule has 38 heavy (non-hydrogen) atoms. The summed E-state index contributed by atoms with van der Waals surface area (Å²) in [5.41, 5.74) is -0.0325. The molecular formula is C25H26O13. The fraction of sp³-hybridized carbons (Fsp3) is 0.440. The van der Waals surface area contributed by atoms with Crippen molar-refractivity contribution in [2.75, 3.05) is 13.2 Å². The zero-order valence-corrected chi connectivity index (χ0v) is 19.7. The lowest BCUT2D eigenvalue weighted by molar-refractivity contribution is -0.307. The topological polar surface area (TPSA) is 213 Å². The van der Waals surface area contributed by atoms with E-state index in [-0.39, 0.29) is 34.6 Å². The van der Waals surface area contributed by atoms with E-state index in [1.807, 2.05) is 0 Å². The number of hydrogen-bond donors (Lipinski definition) is 7. The number of aromatic hydroxyl groups is 1. The third-order valence-corrected chi connectivity index (χ3v) is 6.82. The van der Waals surface area contributed by atoms with Crippen LogP contribution in [0.2, 0.25) is 0 Å². The first-order valence-electron chi connectivity index (χ1n) is 11.8. The standard InChI is InChI=1S/C25H26O13/c26-12-7-35-24(22(33)18(12)29)36-8-14-20(31)21(32)23(34)25(38-14)37-13-6-5-11-15(19(13)30)17(28)10-4-2-1-3-9(10)16(11)27/h1-6,12,14,18,20-26,29-34H,7-8H2/t12-,14-,18+,20-,21+,22-,23-,24+,25-/m1/s1. The monoisotopic (exact) mass is 534 g/mol. The van der Waals surface area contributed by atoms with Crippen molar-refractivity contribution in [2.45, 2.75) is 55.3 Å². The highest BCUT2D eigenvalue weighted by Gasteiger charge is 2.47. The number of phenolic OH excluding ortho intramolecular Hbond substituents is 1. The molecule has 2 fully saturated rings. The van der Waals surface area contributed by atoms with Gasteiger partial charge in [0.2, 0.25) is 6.29 Å². The molecule has 13 nitrogen and oxygen atoms in total. The summed E-state index contributed by atoms with van der Waals surface area (Å²) < 4.78 is 21.6. The van der Waals surface area contributed by atoms with Gasteiger partial charge in [-0.3, -0.25) is 9.59 Å². The fourth-order valence-corrected chi connectivity index (χ4v) is 4.64. The summed E-state index contributed by atoms with van der Waals surface area (Å²) in [7, 11) is 0. The van der Waals surface area contributed by atoms with Gasteiger partial charge in [0.25, 0.3) is 0 Å². The fourth-order valence-electron chi connectivity index (χ4n) is 4.64. The lowest BCUT2D eigenvalue weighted by Crippen LogP contribution is -2.61. The molecular weight excluding hydrogens is 508 g/mol. The van der Waals surface area contributed by atoms with Crippen LogP contribution in [0.15, 0.2) is 36.4 Å². The number of carbonyl (C=O) groups excluding carboxylic acids is 2. The normalized spacial score (nSPS) is 34.9. The second kappa shape index (κ2) is 10.3. The Balaban J connectivity index is 1.33. The molecule has 5 rings (SSSR count). The average molecular weight is 534 g/mol. The highest BCUT2D eigenvalue weighted by molar-refractivity contribution is 6.29. The predicted octanol–water partition coefficient (Wildman–Crippen LogP) is -2.19. The smallest absolute Gasteiger partial charge is 0.229 e. The summed E-state index contributed by atoms with van der Waals surface area (Å²) in [5.74, 6) is -2.08. The van der Waals surface area contributed by atoms with Crippen LogP contribution in [0.5, 0.6) is 11.5 Å². The Kier molecular flexibility index (Phi) is 7.21. The van der Waals surface area contributed by atoms with Crippen molar-refractivity contribution in [2.24, 2.45) is 0 Å². The molecule has 0 bridgehead atoms. The first-order valence-corrected chi connectivity index (χ1v) is 11.8. The van der Waals surface area contributed by atoms with Crippen molar-refractivity contribution in [3.63, 3.8) is 0 Å². The molecule has 9 atom stereocenters. The Morgan fingerprint density at radius 3 is 2.13 bits per heavy atom. The molecule has 2 aromatic carbocycles. The van der Waals surface area contributed by atoms with Gasteiger partial charge in [-0.05, 0) is 12.1 Å². The van der Waals surface area contributed by atoms with Crippen molar-refractivity contribution >= 4 is 11.6 Å². The van der Waals surface area contributed by atoms with Gasteiger partial charge in [-0.25, -0.2) is 0 Å². The second-order valence-electron chi connectivity index (χ2n) is 9.25. The Hall–Kier alpha value is -2.98. The number of aliphatic hydroxyl groups is 6. The number of benzene rings is 2. The molecule has 7 N–H and O–H groups in total. The van der Waals surface area contributed by atoms with E-state index in [1.54, 1.807) is 12.1 Å². The van der Waals surface area contributed by atoms with E-state index in [9.17, 15) is 45.3 Å². The van der Waals surface area contributed by atoms with Crippen LogP contribution in [0.3, 0.4) is 0 Å². The van der Waals surface area contributed by atoms with Crippen molar-refractivity contribution in [1.29, 1.82) is 0 Å². The van der Waals surface area contributed by atoms with E-state index < -0.39 is 79.2 Å². The first-order chi connectivity index (χ1) is 18.1. The van der Waals surface area contributed by atoms with E-state index in [0.717, 1.165) is 0 Å². The molecule has 0 radical (unpaired) electrons. The van der Waals surface area contributed by atoms with Gasteiger partial charge in [0.1, 0.15) is 42.7 Å². The van der Waals surface area contributed by atoms with E-state index in [1.165, 1.54) is 24.3 Å². The Labute approximate surface area is 215 Å². The quantitative estimate of drug-likeness (QED) is 0.186. The highest BCUT2D eigenvalue weighted by Crippen LogP contribution is 2.40. The average Bonchev–Trinajstić information content (AvgIpc) is 2.91. The number of aliphatic hydroxyl groups excluding tert-OH is 6. The molecule has 0 spiro atoms. The zero-order valence-electron chi connectivity index (χ0n) is 19.7. The Bertz CT molecular complexity index is 1230. The van der Waals surface area contributed by atoms with Crippen LogP contribution in [-0.4, -0.2) is 116 Å². The second-order valence-corrected chi connectivity index (χ2v) is 9.25. The van der Waals surface area contributed by atoms with Crippen LogP contribution in [0.4, 0.5) is 0 Å². The van der Waals surface area contributed by atoms with Crippen LogP contribution in [0.25, 0.3) is 0 Å². The van der Waals surface area contributed by atoms with Crippen LogP contribution >= 0.6 is 0 Å². The molecule has 13 heteroatoms. The minimum Gasteiger partial charge on any atom is -0.504 e. The molecule has 3 aliphatic rings. The largest absolute Gasteiger partial charge is 0.504 e. The first kappa shape index (κ1) is 26.6. The summed E-state index contributed by atoms with van der Waals surface area (Å²) in [6.07, 6.45) is -14.1. The third kappa shape index (κ3) is 4.47. The summed E-state index contributed by atoms with van der Waals surface area (Å²) in [6.45, 7) is -0.831. The lowest BCUT2D eigenvalue weighted by Gasteiger charge is -2.41. The van der Waals surface area contributed by atoms with E-state index in [0.29, 0.717) is 0 Å². The van der Waals surface area contributed by atoms with Crippen LogP contribution in [0.1, 0.15) is 31.8 Å². The molecule has 1 aliphatic carbocycles. The number of hydrogen-bond acceptors (Lipinski definition) is 13. The zero-order chi connectivity index (χ0) is 27.3. The molecule has 0 amide bonds. The summed E-state index contributed by atoms with van der Waals surface area (Å²) in [6, 6.07) is 8.62. The van der Waals surface area contributed by atoms with Gasteiger partial charge in [-0.2, -0.15) is 0 Å². The molecule has 2 aliphatic heterocycles. The van der Waals surface area contributed by atoms with Gasteiger partial charge in [0.05, 0.1) is 18.8 Å². The van der Waals surface area contributed by atoms with Crippen LogP contribution in [0, 0.1) is 0 Å². The molecule has 2 heterocycles. The van der Waals surface area contributed by atoms with Gasteiger partial charge >= 0.3 is 0 Å². The number of ether oxygens (including phenoxy) is 4. The molecule has 0 unspecified atom stereocenters. The molecule has 2 saturated heterocycles. The maximum Gasteiger partial charge on any atom is 0.229 e. The van der Waals surface area contributed by atoms with Crippen molar-refractivity contribution in [1.82, 2.24) is 0 Å². The Morgan fingerprint density at radius 2 is 1.42 bits per heavy atom. The molecule has 0 aromatic heterocycles. The van der Waals surface area contributed by atoms with E-state index >= 15 is 0 Å². The third-order valence-electron chi connectivity index (χ3n) is 6.82. The number of phenols is 1. The summed E-state index contributed by atoms with van der Waals surface area (Å²) in [4.78, 5) is 25.9. The lowest BCUT2D eigenvalue weighted by atomic mass is 9.83. The molecule has 2 aromatic rings. The SMILES string of the molecule is O=C1c2ccccc2C(=O)c2c1ccc(O[C@@H]1O[C@H](CO[C@@H]3OC[C@@H](O)[C@H](O)[C@H]3O)[C@@H](O)[C@H](O)[C@H]1O)c2O. The highest BCUT2D eigenvalue weighted by atomic mass is 16.7. The maximum absolute atomic E-state index is 13.0. The van der Waals surface area contributed by atoms with Crippen molar-refractivity contribution in [3.8, 4) is 11.5 Å². The molecule has 204 valence electrons. The van der Waals surface area contributed by atoms with Crippen molar-refractivity contribution < 1.29 is 64.3 Å². The minimum absolute atomic E-state index is 0.0382. The predicted molar refractivity (Wildman–Crippen MR) is 122 cm³/mol. The number of carbonyl (C=O) groups is 2. The van der Waals surface area contributed by atoms with E-state index in [2.05, 4.69) is 0 Å². The Morgan fingerprint density at radius 1 is 0.763 bits per heavy atom. The summed E-state index contributed by atoms with van der Waals surface area (Å²) >= 11 is 0. The minimum atomic E-state index is -1.80.